The minimum absolute atomic E-state index is 0.178. The summed E-state index contributed by atoms with van der Waals surface area (Å²) in [6.45, 7) is 2.37. The largest absolute Gasteiger partial charge is 0.472 e. The van der Waals surface area contributed by atoms with E-state index < -0.39 is 51.8 Å². The van der Waals surface area contributed by atoms with Gasteiger partial charge < -0.3 is 24.6 Å². The Kier molecular flexibility index (Phi) is 36.1. The molecule has 0 spiro atoms. The molecule has 3 atom stereocenters. The minimum Gasteiger partial charge on any atom is -0.462 e. The first kappa shape index (κ1) is 49.7. The number of carbonyl (C=O) groups is 2. The Morgan fingerprint density at radius 1 is 0.569 bits per heavy atom. The molecule has 1 unspecified atom stereocenters. The van der Waals surface area contributed by atoms with Crippen LogP contribution in [0, 0.1) is 0 Å². The second kappa shape index (κ2) is 37.0. The van der Waals surface area contributed by atoms with Crippen molar-refractivity contribution in [1.29, 1.82) is 0 Å². The van der Waals surface area contributed by atoms with E-state index in [0.717, 1.165) is 57.8 Å². The van der Waals surface area contributed by atoms with Crippen LogP contribution in [-0.4, -0.2) is 65.7 Å². The fourth-order valence-corrected chi connectivity index (χ4v) is 6.48. The monoisotopic (exact) mass is 749 g/mol. The van der Waals surface area contributed by atoms with Crippen molar-refractivity contribution in [3.05, 3.63) is 12.2 Å². The summed E-state index contributed by atoms with van der Waals surface area (Å²) in [6.07, 6.45) is 33.2. The van der Waals surface area contributed by atoms with E-state index in [4.69, 9.17) is 19.1 Å². The van der Waals surface area contributed by atoms with Gasteiger partial charge in [0.15, 0.2) is 6.10 Å². The van der Waals surface area contributed by atoms with Gasteiger partial charge in [0.25, 0.3) is 0 Å². The number of ether oxygens (including phenoxy) is 2. The van der Waals surface area contributed by atoms with E-state index >= 15 is 0 Å². The van der Waals surface area contributed by atoms with Gasteiger partial charge in [0.2, 0.25) is 0 Å². The molecule has 3 N–H and O–H groups in total. The van der Waals surface area contributed by atoms with Gasteiger partial charge in [-0.25, -0.2) is 4.57 Å². The van der Waals surface area contributed by atoms with Crippen molar-refractivity contribution < 1.29 is 47.8 Å². The van der Waals surface area contributed by atoms with Crippen LogP contribution in [0.4, 0.5) is 0 Å². The van der Waals surface area contributed by atoms with Gasteiger partial charge in [-0.1, -0.05) is 154 Å². The lowest BCUT2D eigenvalue weighted by Crippen LogP contribution is -2.29. The number of phosphoric ester groups is 1. The number of phosphoric acid groups is 1. The van der Waals surface area contributed by atoms with E-state index in [1.165, 1.54) is 96.3 Å². The van der Waals surface area contributed by atoms with Gasteiger partial charge in [-0.05, 0) is 38.5 Å². The van der Waals surface area contributed by atoms with Gasteiger partial charge in [-0.2, -0.15) is 0 Å². The molecule has 302 valence electrons. The summed E-state index contributed by atoms with van der Waals surface area (Å²) >= 11 is 0. The lowest BCUT2D eigenvalue weighted by molar-refractivity contribution is -0.161. The standard InChI is InChI=1S/C40H77O10P/c1-3-5-7-9-11-13-15-17-18-20-22-24-26-28-30-32-40(44)50-38(36-49-51(45,46)48-34-37(42)33-41)35-47-39(43)31-29-27-25-23-21-19-16-14-12-10-8-6-4-2/h17-18,37-38,41-42H,3-16,19-36H2,1-2H3,(H,45,46)/b18-17+/t37-,38-/m1/s1. The number of allylic oxidation sites excluding steroid dienone is 2. The van der Waals surface area contributed by atoms with Crippen molar-refractivity contribution in [1.82, 2.24) is 0 Å². The van der Waals surface area contributed by atoms with Gasteiger partial charge in [0.05, 0.1) is 19.8 Å². The first-order valence-electron chi connectivity index (χ1n) is 20.6. The van der Waals surface area contributed by atoms with Crippen LogP contribution in [0.25, 0.3) is 0 Å². The highest BCUT2D eigenvalue weighted by Gasteiger charge is 2.27. The number of carbonyl (C=O) groups excluding carboxylic acids is 2. The van der Waals surface area contributed by atoms with Crippen LogP contribution in [0.5, 0.6) is 0 Å². The maximum Gasteiger partial charge on any atom is 0.472 e. The molecule has 51 heavy (non-hydrogen) atoms. The van der Waals surface area contributed by atoms with Crippen molar-refractivity contribution in [3.8, 4) is 0 Å². The van der Waals surface area contributed by atoms with Crippen LogP contribution in [0.15, 0.2) is 12.2 Å². The third-order valence-electron chi connectivity index (χ3n) is 8.92. The number of aliphatic hydroxyl groups is 2. The fraction of sp³-hybridized carbons (Fsp3) is 0.900. The van der Waals surface area contributed by atoms with Crippen LogP contribution >= 0.6 is 7.82 Å². The molecule has 10 nitrogen and oxygen atoms in total. The molecule has 0 radical (unpaired) electrons. The molecule has 0 heterocycles. The Morgan fingerprint density at radius 2 is 0.961 bits per heavy atom. The van der Waals surface area contributed by atoms with Gasteiger partial charge in [0.1, 0.15) is 12.7 Å². The van der Waals surface area contributed by atoms with Crippen molar-refractivity contribution in [2.45, 2.75) is 206 Å². The third kappa shape index (κ3) is 36.8. The highest BCUT2D eigenvalue weighted by Crippen LogP contribution is 2.43. The highest BCUT2D eigenvalue weighted by atomic mass is 31.2. The zero-order valence-corrected chi connectivity index (χ0v) is 33.5. The number of esters is 2. The van der Waals surface area contributed by atoms with Gasteiger partial charge in [-0.15, -0.1) is 0 Å². The summed E-state index contributed by atoms with van der Waals surface area (Å²) in [6, 6.07) is 0. The molecule has 0 rings (SSSR count). The average molecular weight is 749 g/mol. The number of unbranched alkanes of at least 4 members (excludes halogenated alkanes) is 23. The Morgan fingerprint density at radius 3 is 1.41 bits per heavy atom. The van der Waals surface area contributed by atoms with Gasteiger partial charge >= 0.3 is 19.8 Å². The Hall–Kier alpha value is -1.29. The molecule has 0 aliphatic rings. The van der Waals surface area contributed by atoms with Crippen LogP contribution in [-0.2, 0) is 32.7 Å². The van der Waals surface area contributed by atoms with Crippen molar-refractivity contribution in [3.63, 3.8) is 0 Å². The van der Waals surface area contributed by atoms with Crippen LogP contribution in [0.1, 0.15) is 194 Å². The molecular weight excluding hydrogens is 671 g/mol. The van der Waals surface area contributed by atoms with Gasteiger partial charge in [-0.3, -0.25) is 18.6 Å². The fourth-order valence-electron chi connectivity index (χ4n) is 5.69. The molecule has 0 aromatic rings. The second-order valence-electron chi connectivity index (χ2n) is 14.0. The minimum atomic E-state index is -4.61. The predicted molar refractivity (Wildman–Crippen MR) is 205 cm³/mol. The maximum atomic E-state index is 12.6. The number of hydrogen-bond acceptors (Lipinski definition) is 9. The van der Waals surface area contributed by atoms with Crippen molar-refractivity contribution in [2.75, 3.05) is 26.4 Å². The predicted octanol–water partition coefficient (Wildman–Crippen LogP) is 10.4. The number of hydrogen-bond donors (Lipinski definition) is 3. The molecule has 0 amide bonds. The third-order valence-corrected chi connectivity index (χ3v) is 9.87. The Balaban J connectivity index is 4.32. The number of aliphatic hydroxyl groups excluding tert-OH is 2. The lowest BCUT2D eigenvalue weighted by Gasteiger charge is -2.20. The molecule has 0 aromatic carbocycles. The first-order chi connectivity index (χ1) is 24.7. The summed E-state index contributed by atoms with van der Waals surface area (Å²) in [7, 11) is -4.61. The summed E-state index contributed by atoms with van der Waals surface area (Å²) in [4.78, 5) is 34.9. The lowest BCUT2D eigenvalue weighted by atomic mass is 10.0. The van der Waals surface area contributed by atoms with Gasteiger partial charge in [0, 0.05) is 12.8 Å². The summed E-state index contributed by atoms with van der Waals surface area (Å²) < 4.78 is 32.6. The zero-order valence-electron chi connectivity index (χ0n) is 32.6. The smallest absolute Gasteiger partial charge is 0.462 e. The van der Waals surface area contributed by atoms with E-state index in [1.54, 1.807) is 0 Å². The van der Waals surface area contributed by atoms with E-state index in [9.17, 15) is 24.2 Å². The summed E-state index contributed by atoms with van der Waals surface area (Å²) in [5.74, 6) is -0.927. The summed E-state index contributed by atoms with van der Waals surface area (Å²) in [5, 5.41) is 18.3. The normalized spacial score (nSPS) is 14.1. The molecule has 0 aliphatic heterocycles. The average Bonchev–Trinajstić information content (AvgIpc) is 3.12. The Bertz CT molecular complexity index is 868. The van der Waals surface area contributed by atoms with E-state index in [1.807, 2.05) is 0 Å². The molecule has 0 aromatic heterocycles. The van der Waals surface area contributed by atoms with E-state index in [0.29, 0.717) is 12.8 Å². The zero-order chi connectivity index (χ0) is 37.7. The molecular formula is C40H77O10P. The highest BCUT2D eigenvalue weighted by molar-refractivity contribution is 7.47. The summed E-state index contributed by atoms with van der Waals surface area (Å²) in [5.41, 5.74) is 0. The number of rotatable bonds is 39. The second-order valence-corrected chi connectivity index (χ2v) is 15.5. The SMILES string of the molecule is CCCCCCCC/C=C/CCCCCCCC(=O)O[C@H](COC(=O)CCCCCCCCCCCCCCC)COP(=O)(O)OC[C@H](O)CO. The van der Waals surface area contributed by atoms with Crippen LogP contribution in [0.3, 0.4) is 0 Å². The molecule has 0 aliphatic carbocycles. The Labute approximate surface area is 311 Å². The van der Waals surface area contributed by atoms with E-state index in [-0.39, 0.29) is 19.4 Å². The first-order valence-corrected chi connectivity index (χ1v) is 22.1. The van der Waals surface area contributed by atoms with E-state index in [2.05, 4.69) is 30.5 Å². The van der Waals surface area contributed by atoms with Crippen molar-refractivity contribution >= 4 is 19.8 Å². The quantitative estimate of drug-likeness (QED) is 0.0240. The van der Waals surface area contributed by atoms with Crippen molar-refractivity contribution in [2.24, 2.45) is 0 Å². The molecule has 0 saturated carbocycles. The molecule has 0 saturated heterocycles. The maximum absolute atomic E-state index is 12.6. The topological polar surface area (TPSA) is 149 Å². The molecule has 0 bridgehead atoms. The molecule has 0 fully saturated rings. The van der Waals surface area contributed by atoms with Crippen LogP contribution < -0.4 is 0 Å². The molecule has 11 heteroatoms. The van der Waals surface area contributed by atoms with Crippen LogP contribution in [0.2, 0.25) is 0 Å².